The van der Waals surface area contributed by atoms with E-state index < -0.39 is 23.4 Å². The highest BCUT2D eigenvalue weighted by atomic mass is 19.1. The minimum atomic E-state index is -0.596. The number of likely N-dealkylation sites (tertiary alicyclic amines) is 1. The Morgan fingerprint density at radius 2 is 1.63 bits per heavy atom. The number of benzene rings is 2. The van der Waals surface area contributed by atoms with Crippen LogP contribution in [0, 0.1) is 11.7 Å². The van der Waals surface area contributed by atoms with Crippen LogP contribution in [-0.2, 0) is 20.7 Å². The van der Waals surface area contributed by atoms with E-state index in [1.165, 1.54) is 6.07 Å². The normalized spacial score (nSPS) is 24.2. The molecule has 5 fully saturated rings. The maximum Gasteiger partial charge on any atom is 0.408 e. The largest absolute Gasteiger partial charge is 0.444 e. The maximum atomic E-state index is 15.0. The van der Waals surface area contributed by atoms with Gasteiger partial charge in [0, 0.05) is 50.4 Å². The van der Waals surface area contributed by atoms with E-state index in [9.17, 15) is 19.2 Å². The highest BCUT2D eigenvalue weighted by molar-refractivity contribution is 5.95. The molecule has 13 heteroatoms. The zero-order valence-electron chi connectivity index (χ0n) is 30.3. The molecule has 278 valence electrons. The minimum absolute atomic E-state index is 0.0113. The lowest BCUT2D eigenvalue weighted by Crippen LogP contribution is -2.65. The van der Waals surface area contributed by atoms with Crippen LogP contribution in [0.5, 0.6) is 0 Å². The zero-order chi connectivity index (χ0) is 36.7. The number of piperidine rings is 1. The third-order valence-electron chi connectivity index (χ3n) is 11.3. The number of carbonyl (C=O) groups is 3. The summed E-state index contributed by atoms with van der Waals surface area (Å²) in [7, 11) is 0. The number of carbonyl (C=O) groups excluding carboxylic acids is 3. The van der Waals surface area contributed by atoms with Crippen molar-refractivity contribution in [2.45, 2.75) is 82.5 Å². The second-order valence-corrected chi connectivity index (χ2v) is 16.1. The predicted molar refractivity (Wildman–Crippen MR) is 192 cm³/mol. The zero-order valence-corrected chi connectivity index (χ0v) is 30.3. The number of alkyl carbamates (subject to hydrolysis) is 1. The van der Waals surface area contributed by atoms with Crippen molar-refractivity contribution in [3.8, 4) is 0 Å². The van der Waals surface area contributed by atoms with E-state index in [4.69, 9.17) is 9.47 Å². The molecule has 52 heavy (non-hydrogen) atoms. The van der Waals surface area contributed by atoms with Crippen LogP contribution in [0.1, 0.15) is 80.9 Å². The van der Waals surface area contributed by atoms with E-state index in [1.807, 2.05) is 37.8 Å². The first-order chi connectivity index (χ1) is 24.8. The first-order valence-electron chi connectivity index (χ1n) is 18.5. The fourth-order valence-electron chi connectivity index (χ4n) is 8.30. The number of H-pyrrole nitrogens is 1. The molecule has 3 aromatic rings. The summed E-state index contributed by atoms with van der Waals surface area (Å²) >= 11 is 0. The van der Waals surface area contributed by atoms with E-state index in [0.29, 0.717) is 61.2 Å². The number of ether oxygens (including phenoxy) is 2. The van der Waals surface area contributed by atoms with Gasteiger partial charge in [-0.25, -0.2) is 14.3 Å². The average Bonchev–Trinajstić information content (AvgIpc) is 3.13. The number of amides is 3. The predicted octanol–water partition coefficient (Wildman–Crippen LogP) is 4.26. The number of hydrogen-bond donors (Lipinski definition) is 2. The number of rotatable bonds is 7. The monoisotopic (exact) mass is 716 g/mol. The minimum Gasteiger partial charge on any atom is -0.444 e. The molecule has 1 aromatic heterocycles. The summed E-state index contributed by atoms with van der Waals surface area (Å²) < 4.78 is 26.9. The summed E-state index contributed by atoms with van der Waals surface area (Å²) in [5.41, 5.74) is -0.0824. The Hall–Kier alpha value is -4.36. The molecular weight excluding hydrogens is 667 g/mol. The molecule has 1 saturated carbocycles. The van der Waals surface area contributed by atoms with Crippen LogP contribution in [0.2, 0.25) is 0 Å². The van der Waals surface area contributed by atoms with Gasteiger partial charge in [0.25, 0.3) is 11.5 Å². The van der Waals surface area contributed by atoms with Gasteiger partial charge in [-0.3, -0.25) is 14.4 Å². The fourth-order valence-corrected chi connectivity index (χ4v) is 8.30. The van der Waals surface area contributed by atoms with Crippen molar-refractivity contribution in [2.75, 3.05) is 52.4 Å². The molecule has 1 aliphatic carbocycles. The molecule has 5 heterocycles. The Bertz CT molecular complexity index is 1870. The van der Waals surface area contributed by atoms with Gasteiger partial charge in [-0.2, -0.15) is 5.10 Å². The Labute approximate surface area is 303 Å². The molecule has 0 atom stereocenters. The molecule has 12 nitrogen and oxygen atoms in total. The van der Waals surface area contributed by atoms with E-state index in [1.54, 1.807) is 29.2 Å². The molecule has 5 aliphatic rings. The summed E-state index contributed by atoms with van der Waals surface area (Å²) in [6, 6.07) is 11.7. The number of nitrogens with one attached hydrogen (secondary N) is 2. The van der Waals surface area contributed by atoms with Gasteiger partial charge in [0.2, 0.25) is 5.91 Å². The molecule has 0 radical (unpaired) electrons. The summed E-state index contributed by atoms with van der Waals surface area (Å²) in [6.45, 7) is 10.0. The average molecular weight is 717 g/mol. The molecule has 4 saturated heterocycles. The van der Waals surface area contributed by atoms with Crippen LogP contribution in [0.3, 0.4) is 0 Å². The van der Waals surface area contributed by atoms with Crippen LogP contribution < -0.4 is 10.9 Å². The summed E-state index contributed by atoms with van der Waals surface area (Å²) in [5.74, 6) is -0.930. The molecule has 2 bridgehead atoms. The molecule has 2 aromatic carbocycles. The number of halogens is 1. The van der Waals surface area contributed by atoms with Crippen molar-refractivity contribution in [2.24, 2.45) is 5.92 Å². The number of hydrogen-bond acceptors (Lipinski definition) is 8. The summed E-state index contributed by atoms with van der Waals surface area (Å²) in [4.78, 5) is 57.6. The lowest BCUT2D eigenvalue weighted by molar-refractivity contribution is -0.172. The van der Waals surface area contributed by atoms with Crippen molar-refractivity contribution in [1.29, 1.82) is 0 Å². The number of nitrogens with zero attached hydrogens (tertiary/aromatic N) is 4. The fraction of sp³-hybridized carbons (Fsp3) is 0.564. The molecule has 8 rings (SSSR count). The van der Waals surface area contributed by atoms with Crippen molar-refractivity contribution in [1.82, 2.24) is 30.2 Å². The van der Waals surface area contributed by atoms with Gasteiger partial charge in [-0.05, 0) is 96.1 Å². The van der Waals surface area contributed by atoms with Gasteiger partial charge in [-0.1, -0.05) is 24.3 Å². The second-order valence-electron chi connectivity index (χ2n) is 16.1. The number of aromatic nitrogens is 2. The Balaban J connectivity index is 0.878. The van der Waals surface area contributed by atoms with Crippen molar-refractivity contribution < 1.29 is 28.2 Å². The van der Waals surface area contributed by atoms with Crippen LogP contribution in [0.4, 0.5) is 9.18 Å². The second kappa shape index (κ2) is 14.2. The molecule has 3 amide bonds. The molecule has 0 spiro atoms. The van der Waals surface area contributed by atoms with E-state index in [0.717, 1.165) is 58.2 Å². The first kappa shape index (κ1) is 36.0. The Morgan fingerprint density at radius 3 is 2.29 bits per heavy atom. The highest BCUT2D eigenvalue weighted by Crippen LogP contribution is 2.44. The number of piperazine rings is 1. The maximum absolute atomic E-state index is 15.0. The van der Waals surface area contributed by atoms with Crippen LogP contribution in [0.25, 0.3) is 10.8 Å². The van der Waals surface area contributed by atoms with Gasteiger partial charge in [-0.15, -0.1) is 0 Å². The number of fused-ring (bicyclic) bond motifs is 4. The van der Waals surface area contributed by atoms with Crippen molar-refractivity contribution >= 4 is 28.7 Å². The molecule has 4 aliphatic heterocycles. The third kappa shape index (κ3) is 7.71. The molecule has 0 unspecified atom stereocenters. The van der Waals surface area contributed by atoms with E-state index >= 15 is 4.39 Å². The number of aromatic amines is 1. The van der Waals surface area contributed by atoms with Crippen LogP contribution in [0.15, 0.2) is 47.3 Å². The van der Waals surface area contributed by atoms with Gasteiger partial charge in [0.1, 0.15) is 11.4 Å². The topological polar surface area (TPSA) is 137 Å². The van der Waals surface area contributed by atoms with Crippen LogP contribution >= 0.6 is 0 Å². The Morgan fingerprint density at radius 1 is 0.962 bits per heavy atom. The quantitative estimate of drug-likeness (QED) is 0.371. The van der Waals surface area contributed by atoms with Gasteiger partial charge in [0.15, 0.2) is 0 Å². The van der Waals surface area contributed by atoms with Gasteiger partial charge in [0.05, 0.1) is 34.4 Å². The standard InChI is InChI=1S/C39H49FN6O6/c1-37(2,3)52-36(50)41-38-12-14-39(15-13-38,51-25-38)24-44-16-10-27(11-17-44)34(48)45-18-20-46(21-19-45)35(49)30-22-26(8-9-31(30)40)23-32-28-6-4-5-7-29(28)33(47)43-42-32/h4-9,22,27H,10-21,23-25H2,1-3H3,(H,41,50)(H,43,47). The summed E-state index contributed by atoms with van der Waals surface area (Å²) in [6.07, 6.45) is 4.95. The van der Waals surface area contributed by atoms with Crippen molar-refractivity contribution in [3.05, 3.63) is 75.5 Å². The summed E-state index contributed by atoms with van der Waals surface area (Å²) in [5, 5.41) is 11.1. The van der Waals surface area contributed by atoms with Crippen molar-refractivity contribution in [3.63, 3.8) is 0 Å². The van der Waals surface area contributed by atoms with Gasteiger partial charge >= 0.3 is 6.09 Å². The lowest BCUT2D eigenvalue weighted by atomic mass is 9.70. The smallest absolute Gasteiger partial charge is 0.408 e. The SMILES string of the molecule is CC(C)(C)OC(=O)NC12CCC(CN3CCC(C(=O)N4CCN(C(=O)c5cc(Cc6n[nH]c(=O)c7ccccc67)ccc5F)CC4)CC3)(CC1)OC2. The third-order valence-corrected chi connectivity index (χ3v) is 11.3. The lowest BCUT2D eigenvalue weighted by Gasteiger charge is -2.54. The Kier molecular flexibility index (Phi) is 9.85. The van der Waals surface area contributed by atoms with E-state index in [2.05, 4.69) is 20.4 Å². The molecule has 2 N–H and O–H groups in total. The van der Waals surface area contributed by atoms with Crippen LogP contribution in [-0.4, -0.2) is 112 Å². The van der Waals surface area contributed by atoms with Gasteiger partial charge < -0.3 is 29.5 Å². The van der Waals surface area contributed by atoms with E-state index in [-0.39, 0.29) is 34.1 Å². The highest BCUT2D eigenvalue weighted by Gasteiger charge is 2.51. The molecular formula is C39H49FN6O6. The first-order valence-corrected chi connectivity index (χ1v) is 18.5.